The molecule has 0 aliphatic carbocycles. The van der Waals surface area contributed by atoms with Gasteiger partial charge in [-0.2, -0.15) is 74.6 Å². The fraction of sp³-hybridized carbons (Fsp3) is 1.00. The second-order valence-corrected chi connectivity index (χ2v) is 7.84. The molecule has 2 aliphatic rings. The van der Waals surface area contributed by atoms with Gasteiger partial charge < -0.3 is 29.5 Å². The lowest BCUT2D eigenvalue weighted by Crippen LogP contribution is -2.75. The summed E-state index contributed by atoms with van der Waals surface area (Å²) in [6.07, 6.45) is -24.2. The maximum Gasteiger partial charge on any atom is 0.460 e. The minimum absolute atomic E-state index is 1.25. The number of fused-ring (bicyclic) bond motifs is 1. The van der Waals surface area contributed by atoms with Gasteiger partial charge in [0.15, 0.2) is 6.29 Å². The number of hydrogen-bond acceptors (Lipinski definition) is 6. The van der Waals surface area contributed by atoms with Crippen molar-refractivity contribution >= 4 is 0 Å². The zero-order chi connectivity index (χ0) is 30.3. The molecule has 1 unspecified atom stereocenters. The number of aliphatic hydroxyl groups excluding tert-OH is 3. The standard InChI is InChI=1S/C15H11F17O6/c16-8(17,7-37-4-3(34)2(1-33)36-6(35)5(4)38-7)9(18,19)10(20,21)11(22,23)12(24,25)13(26,27)14(28,29)15(30,31)32/h2-7,33-35H,1H2/t2-,3+,4-,5-,6?,7+/m1/s1. The van der Waals surface area contributed by atoms with Crippen molar-refractivity contribution in [2.75, 3.05) is 6.61 Å². The van der Waals surface area contributed by atoms with Crippen molar-refractivity contribution in [1.82, 2.24) is 0 Å². The van der Waals surface area contributed by atoms with E-state index in [0.717, 1.165) is 0 Å². The molecule has 6 atom stereocenters. The van der Waals surface area contributed by atoms with Gasteiger partial charge in [0, 0.05) is 0 Å². The molecule has 0 aromatic carbocycles. The highest BCUT2D eigenvalue weighted by Gasteiger charge is 2.96. The van der Waals surface area contributed by atoms with Crippen LogP contribution >= 0.6 is 0 Å². The molecule has 2 aliphatic heterocycles. The molecule has 2 saturated heterocycles. The molecule has 0 saturated carbocycles. The van der Waals surface area contributed by atoms with Crippen LogP contribution in [0.25, 0.3) is 0 Å². The molecular weight excluding hydrogens is 599 g/mol. The van der Waals surface area contributed by atoms with E-state index in [-0.39, 0.29) is 0 Å². The predicted octanol–water partition coefficient (Wildman–Crippen LogP) is 3.18. The Morgan fingerprint density at radius 1 is 0.500 bits per heavy atom. The summed E-state index contributed by atoms with van der Waals surface area (Å²) in [5.74, 6) is -58.2. The first-order valence-corrected chi connectivity index (χ1v) is 9.24. The minimum Gasteiger partial charge on any atom is -0.394 e. The fourth-order valence-electron chi connectivity index (χ4n) is 3.17. The van der Waals surface area contributed by atoms with Gasteiger partial charge in [-0.1, -0.05) is 0 Å². The fourth-order valence-corrected chi connectivity index (χ4v) is 3.17. The normalized spacial score (nSPS) is 30.9. The van der Waals surface area contributed by atoms with E-state index in [1.54, 1.807) is 0 Å². The van der Waals surface area contributed by atoms with Crippen LogP contribution in [0.2, 0.25) is 0 Å². The van der Waals surface area contributed by atoms with Crippen molar-refractivity contribution in [3.8, 4) is 0 Å². The Bertz CT molecular complexity index is 876. The highest BCUT2D eigenvalue weighted by Crippen LogP contribution is 2.64. The number of hydrogen-bond donors (Lipinski definition) is 3. The molecule has 6 nitrogen and oxygen atoms in total. The molecule has 23 heteroatoms. The number of rotatable bonds is 8. The second kappa shape index (κ2) is 9.04. The van der Waals surface area contributed by atoms with E-state index in [4.69, 9.17) is 5.11 Å². The monoisotopic (exact) mass is 610 g/mol. The van der Waals surface area contributed by atoms with E-state index in [2.05, 4.69) is 14.2 Å². The van der Waals surface area contributed by atoms with Gasteiger partial charge in [0.1, 0.15) is 24.4 Å². The van der Waals surface area contributed by atoms with E-state index < -0.39 is 91.2 Å². The number of halogens is 17. The average Bonchev–Trinajstić information content (AvgIpc) is 3.21. The Kier molecular flexibility index (Phi) is 7.80. The van der Waals surface area contributed by atoms with E-state index in [1.165, 1.54) is 0 Å². The summed E-state index contributed by atoms with van der Waals surface area (Å²) in [6, 6.07) is 0. The molecule has 0 radical (unpaired) electrons. The maximum absolute atomic E-state index is 14.3. The van der Waals surface area contributed by atoms with Crippen molar-refractivity contribution in [3.05, 3.63) is 0 Å². The molecule has 0 bridgehead atoms. The zero-order valence-electron chi connectivity index (χ0n) is 17.2. The molecule has 0 aromatic heterocycles. The molecule has 226 valence electrons. The highest BCUT2D eigenvalue weighted by molar-refractivity contribution is 5.16. The van der Waals surface area contributed by atoms with Crippen LogP contribution in [0.5, 0.6) is 0 Å². The molecule has 0 aromatic rings. The lowest BCUT2D eigenvalue weighted by molar-refractivity contribution is -0.467. The highest BCUT2D eigenvalue weighted by atomic mass is 19.4. The van der Waals surface area contributed by atoms with Gasteiger partial charge in [-0.15, -0.1) is 0 Å². The number of alkyl halides is 17. The van der Waals surface area contributed by atoms with E-state index in [1.807, 2.05) is 0 Å². The topological polar surface area (TPSA) is 88.4 Å². The van der Waals surface area contributed by atoms with E-state index >= 15 is 0 Å². The first-order valence-electron chi connectivity index (χ1n) is 9.24. The lowest BCUT2D eigenvalue weighted by Gasteiger charge is -2.43. The van der Waals surface area contributed by atoms with Gasteiger partial charge in [-0.25, -0.2) is 0 Å². The average molecular weight is 610 g/mol. The van der Waals surface area contributed by atoms with Crippen molar-refractivity contribution in [1.29, 1.82) is 0 Å². The third kappa shape index (κ3) is 4.09. The Hall–Kier alpha value is -1.43. The zero-order valence-corrected chi connectivity index (χ0v) is 17.2. The van der Waals surface area contributed by atoms with Crippen LogP contribution in [-0.2, 0) is 14.2 Å². The van der Waals surface area contributed by atoms with Crippen molar-refractivity contribution in [3.63, 3.8) is 0 Å². The molecule has 0 spiro atoms. The van der Waals surface area contributed by atoms with Crippen LogP contribution in [0.1, 0.15) is 0 Å². The predicted molar refractivity (Wildman–Crippen MR) is 78.2 cm³/mol. The third-order valence-electron chi connectivity index (χ3n) is 5.42. The first kappa shape index (κ1) is 32.8. The molecule has 0 amide bonds. The van der Waals surface area contributed by atoms with Crippen LogP contribution < -0.4 is 0 Å². The SMILES string of the molecule is OC[C@H]1OC(O)[C@@H]2O[C@@H](C(F)(F)C(F)(F)C(F)(F)C(F)(F)C(F)(F)C(F)(F)C(F)(F)C(F)(F)F)O[C@@H]2[C@H]1O. The van der Waals surface area contributed by atoms with Crippen LogP contribution in [0.3, 0.4) is 0 Å². The summed E-state index contributed by atoms with van der Waals surface area (Å²) in [7, 11) is 0. The summed E-state index contributed by atoms with van der Waals surface area (Å²) in [4.78, 5) is 0. The quantitative estimate of drug-likeness (QED) is 0.367. The number of aliphatic hydroxyl groups is 3. The van der Waals surface area contributed by atoms with Gasteiger partial charge in [0.05, 0.1) is 6.61 Å². The van der Waals surface area contributed by atoms with E-state index in [0.29, 0.717) is 0 Å². The Balaban J connectivity index is 2.52. The third-order valence-corrected chi connectivity index (χ3v) is 5.42. The van der Waals surface area contributed by atoms with Gasteiger partial charge in [0.25, 0.3) is 0 Å². The molecular formula is C15H11F17O6. The Labute approximate surface area is 196 Å². The van der Waals surface area contributed by atoms with Gasteiger partial charge in [-0.05, 0) is 0 Å². The van der Waals surface area contributed by atoms with Gasteiger partial charge in [-0.3, -0.25) is 0 Å². The maximum atomic E-state index is 14.3. The largest absolute Gasteiger partial charge is 0.460 e. The summed E-state index contributed by atoms with van der Waals surface area (Å²) in [5.41, 5.74) is 0. The molecule has 2 heterocycles. The van der Waals surface area contributed by atoms with Crippen LogP contribution in [-0.4, -0.2) is 107 Å². The minimum atomic E-state index is -8.79. The Morgan fingerprint density at radius 2 is 0.868 bits per heavy atom. The number of ether oxygens (including phenoxy) is 3. The Morgan fingerprint density at radius 3 is 1.26 bits per heavy atom. The van der Waals surface area contributed by atoms with Crippen molar-refractivity contribution in [2.45, 2.75) is 84.6 Å². The lowest BCUT2D eigenvalue weighted by atomic mass is 9.89. The van der Waals surface area contributed by atoms with Gasteiger partial charge in [0.2, 0.25) is 6.29 Å². The first-order chi connectivity index (χ1) is 16.6. The van der Waals surface area contributed by atoms with E-state index in [9.17, 15) is 84.9 Å². The summed E-state index contributed by atoms with van der Waals surface area (Å²) in [5, 5.41) is 28.1. The van der Waals surface area contributed by atoms with Crippen LogP contribution in [0.15, 0.2) is 0 Å². The van der Waals surface area contributed by atoms with Crippen LogP contribution in [0, 0.1) is 0 Å². The van der Waals surface area contributed by atoms with Crippen molar-refractivity contribution < 1.29 is 104 Å². The molecule has 2 rings (SSSR count). The summed E-state index contributed by atoms with van der Waals surface area (Å²) >= 11 is 0. The summed E-state index contributed by atoms with van der Waals surface area (Å²) < 4.78 is 240. The van der Waals surface area contributed by atoms with Crippen molar-refractivity contribution in [2.24, 2.45) is 0 Å². The molecule has 3 N–H and O–H groups in total. The smallest absolute Gasteiger partial charge is 0.394 e. The molecule has 38 heavy (non-hydrogen) atoms. The van der Waals surface area contributed by atoms with Gasteiger partial charge >= 0.3 is 47.6 Å². The van der Waals surface area contributed by atoms with Crippen LogP contribution in [0.4, 0.5) is 74.6 Å². The summed E-state index contributed by atoms with van der Waals surface area (Å²) in [6.45, 7) is -1.25. The second-order valence-electron chi connectivity index (χ2n) is 7.84. The molecule has 2 fully saturated rings.